The molecule has 0 aliphatic carbocycles. The summed E-state index contributed by atoms with van der Waals surface area (Å²) in [6.07, 6.45) is 1.58. The number of likely N-dealkylation sites (tertiary alicyclic amines) is 1. The Hall–Kier alpha value is -2.82. The standard InChI is InChI=1S/C22H26N2O3/c1-17-6-3-4-7-20(17)27-15-14-23(2)22(26)19-11-9-18(10-12-19)16-24-13-5-8-21(24)25/h3-4,6-7,9-12H,5,8,13-16H2,1-2H3. The Morgan fingerprint density at radius 2 is 1.89 bits per heavy atom. The minimum Gasteiger partial charge on any atom is -0.491 e. The van der Waals surface area contributed by atoms with Crippen LogP contribution in [0.5, 0.6) is 5.75 Å². The van der Waals surface area contributed by atoms with Crippen LogP contribution in [0.15, 0.2) is 48.5 Å². The van der Waals surface area contributed by atoms with Crippen LogP contribution in [0, 0.1) is 6.92 Å². The fourth-order valence-electron chi connectivity index (χ4n) is 3.18. The molecule has 27 heavy (non-hydrogen) atoms. The Bertz CT molecular complexity index is 801. The lowest BCUT2D eigenvalue weighted by molar-refractivity contribution is -0.128. The van der Waals surface area contributed by atoms with Crippen LogP contribution in [-0.2, 0) is 11.3 Å². The third-order valence-corrected chi connectivity index (χ3v) is 4.87. The van der Waals surface area contributed by atoms with Crippen LogP contribution in [0.25, 0.3) is 0 Å². The van der Waals surface area contributed by atoms with Crippen LogP contribution >= 0.6 is 0 Å². The average Bonchev–Trinajstić information content (AvgIpc) is 3.08. The van der Waals surface area contributed by atoms with E-state index in [0.29, 0.717) is 31.7 Å². The summed E-state index contributed by atoms with van der Waals surface area (Å²) < 4.78 is 5.77. The second kappa shape index (κ2) is 8.71. The van der Waals surface area contributed by atoms with Gasteiger partial charge in [-0.25, -0.2) is 0 Å². The summed E-state index contributed by atoms with van der Waals surface area (Å²) >= 11 is 0. The van der Waals surface area contributed by atoms with Crippen molar-refractivity contribution in [2.75, 3.05) is 26.7 Å². The maximum Gasteiger partial charge on any atom is 0.253 e. The van der Waals surface area contributed by atoms with E-state index >= 15 is 0 Å². The molecular weight excluding hydrogens is 340 g/mol. The molecule has 1 fully saturated rings. The normalized spacial score (nSPS) is 13.7. The van der Waals surface area contributed by atoms with Crippen LogP contribution < -0.4 is 4.74 Å². The third kappa shape index (κ3) is 4.88. The van der Waals surface area contributed by atoms with Crippen LogP contribution in [0.3, 0.4) is 0 Å². The zero-order chi connectivity index (χ0) is 19.2. The van der Waals surface area contributed by atoms with Crippen molar-refractivity contribution in [2.45, 2.75) is 26.3 Å². The van der Waals surface area contributed by atoms with Gasteiger partial charge in [0.2, 0.25) is 5.91 Å². The molecule has 1 heterocycles. The van der Waals surface area contributed by atoms with Crippen molar-refractivity contribution in [1.82, 2.24) is 9.80 Å². The quantitative estimate of drug-likeness (QED) is 0.756. The van der Waals surface area contributed by atoms with E-state index in [1.54, 1.807) is 11.9 Å². The molecule has 0 bridgehead atoms. The first-order chi connectivity index (χ1) is 13.0. The van der Waals surface area contributed by atoms with Gasteiger partial charge in [-0.05, 0) is 42.7 Å². The molecule has 5 heteroatoms. The van der Waals surface area contributed by atoms with E-state index in [0.717, 1.165) is 29.8 Å². The van der Waals surface area contributed by atoms with Crippen molar-refractivity contribution in [3.8, 4) is 5.75 Å². The molecule has 2 aromatic rings. The Morgan fingerprint density at radius 1 is 1.15 bits per heavy atom. The molecule has 0 saturated carbocycles. The Morgan fingerprint density at radius 3 is 2.56 bits per heavy atom. The van der Waals surface area contributed by atoms with E-state index in [-0.39, 0.29) is 11.8 Å². The number of benzene rings is 2. The number of hydrogen-bond acceptors (Lipinski definition) is 3. The Kier molecular flexibility index (Phi) is 6.12. The van der Waals surface area contributed by atoms with E-state index in [4.69, 9.17) is 4.74 Å². The second-order valence-corrected chi connectivity index (χ2v) is 6.96. The molecule has 0 atom stereocenters. The number of hydrogen-bond donors (Lipinski definition) is 0. The minimum absolute atomic E-state index is 0.0350. The van der Waals surface area contributed by atoms with Crippen molar-refractivity contribution in [3.05, 3.63) is 65.2 Å². The van der Waals surface area contributed by atoms with Crippen molar-refractivity contribution < 1.29 is 14.3 Å². The number of carbonyl (C=O) groups excluding carboxylic acids is 2. The number of ether oxygens (including phenoxy) is 1. The zero-order valence-electron chi connectivity index (χ0n) is 16.0. The molecule has 1 aliphatic rings. The number of nitrogens with zero attached hydrogens (tertiary/aromatic N) is 2. The number of para-hydroxylation sites is 1. The maximum atomic E-state index is 12.6. The van der Waals surface area contributed by atoms with E-state index in [9.17, 15) is 9.59 Å². The number of amides is 2. The summed E-state index contributed by atoms with van der Waals surface area (Å²) in [4.78, 5) is 27.8. The van der Waals surface area contributed by atoms with Gasteiger partial charge in [-0.15, -0.1) is 0 Å². The van der Waals surface area contributed by atoms with Gasteiger partial charge in [0, 0.05) is 32.1 Å². The summed E-state index contributed by atoms with van der Waals surface area (Å²) in [6, 6.07) is 15.4. The lowest BCUT2D eigenvalue weighted by Crippen LogP contribution is -2.31. The lowest BCUT2D eigenvalue weighted by Gasteiger charge is -2.19. The van der Waals surface area contributed by atoms with Gasteiger partial charge in [0.1, 0.15) is 12.4 Å². The molecule has 1 saturated heterocycles. The van der Waals surface area contributed by atoms with Crippen LogP contribution in [0.4, 0.5) is 0 Å². The highest BCUT2D eigenvalue weighted by molar-refractivity contribution is 5.94. The van der Waals surface area contributed by atoms with E-state index in [1.165, 1.54) is 0 Å². The van der Waals surface area contributed by atoms with Gasteiger partial charge in [-0.3, -0.25) is 9.59 Å². The molecule has 0 spiro atoms. The summed E-state index contributed by atoms with van der Waals surface area (Å²) in [5.41, 5.74) is 2.77. The van der Waals surface area contributed by atoms with Crippen molar-refractivity contribution in [2.24, 2.45) is 0 Å². The molecule has 2 aromatic carbocycles. The van der Waals surface area contributed by atoms with Crippen molar-refractivity contribution in [3.63, 3.8) is 0 Å². The van der Waals surface area contributed by atoms with Crippen molar-refractivity contribution >= 4 is 11.8 Å². The van der Waals surface area contributed by atoms with Gasteiger partial charge in [-0.2, -0.15) is 0 Å². The van der Waals surface area contributed by atoms with Gasteiger partial charge in [-0.1, -0.05) is 30.3 Å². The second-order valence-electron chi connectivity index (χ2n) is 6.96. The van der Waals surface area contributed by atoms with Gasteiger partial charge in [0.25, 0.3) is 5.91 Å². The highest BCUT2D eigenvalue weighted by Crippen LogP contribution is 2.17. The van der Waals surface area contributed by atoms with E-state index in [1.807, 2.05) is 60.4 Å². The number of rotatable bonds is 7. The summed E-state index contributed by atoms with van der Waals surface area (Å²) in [6.45, 7) is 4.40. The minimum atomic E-state index is -0.0350. The summed E-state index contributed by atoms with van der Waals surface area (Å²) in [5, 5.41) is 0. The lowest BCUT2D eigenvalue weighted by atomic mass is 10.1. The van der Waals surface area contributed by atoms with Crippen LogP contribution in [-0.4, -0.2) is 48.4 Å². The predicted octanol–water partition coefficient (Wildman–Crippen LogP) is 3.27. The topological polar surface area (TPSA) is 49.9 Å². The smallest absolute Gasteiger partial charge is 0.253 e. The predicted molar refractivity (Wildman–Crippen MR) is 105 cm³/mol. The van der Waals surface area contributed by atoms with Crippen LogP contribution in [0.2, 0.25) is 0 Å². The van der Waals surface area contributed by atoms with Gasteiger partial charge < -0.3 is 14.5 Å². The number of likely N-dealkylation sites (N-methyl/N-ethyl adjacent to an activating group) is 1. The first kappa shape index (κ1) is 19.0. The molecule has 0 N–H and O–H groups in total. The third-order valence-electron chi connectivity index (χ3n) is 4.87. The Labute approximate surface area is 160 Å². The van der Waals surface area contributed by atoms with E-state index < -0.39 is 0 Å². The SMILES string of the molecule is Cc1ccccc1OCCN(C)C(=O)c1ccc(CN2CCCC2=O)cc1. The summed E-state index contributed by atoms with van der Waals surface area (Å²) in [5.74, 6) is 1.02. The molecule has 1 aliphatic heterocycles. The maximum absolute atomic E-state index is 12.6. The van der Waals surface area contributed by atoms with E-state index in [2.05, 4.69) is 0 Å². The monoisotopic (exact) mass is 366 g/mol. The molecule has 3 rings (SSSR count). The highest BCUT2D eigenvalue weighted by Gasteiger charge is 2.20. The first-order valence-electron chi connectivity index (χ1n) is 9.35. The molecule has 142 valence electrons. The van der Waals surface area contributed by atoms with Crippen LogP contribution in [0.1, 0.15) is 34.3 Å². The summed E-state index contributed by atoms with van der Waals surface area (Å²) in [7, 11) is 1.78. The fraction of sp³-hybridized carbons (Fsp3) is 0.364. The van der Waals surface area contributed by atoms with Gasteiger partial charge in [0.15, 0.2) is 0 Å². The first-order valence-corrected chi connectivity index (χ1v) is 9.35. The number of aryl methyl sites for hydroxylation is 1. The largest absolute Gasteiger partial charge is 0.491 e. The van der Waals surface area contributed by atoms with Gasteiger partial charge >= 0.3 is 0 Å². The van der Waals surface area contributed by atoms with Crippen molar-refractivity contribution in [1.29, 1.82) is 0 Å². The average molecular weight is 366 g/mol. The molecular formula is C22H26N2O3. The fourth-order valence-corrected chi connectivity index (χ4v) is 3.18. The molecule has 0 radical (unpaired) electrons. The molecule has 0 aromatic heterocycles. The molecule has 2 amide bonds. The van der Waals surface area contributed by atoms with Gasteiger partial charge in [0.05, 0.1) is 6.54 Å². The zero-order valence-corrected chi connectivity index (χ0v) is 16.0. The molecule has 0 unspecified atom stereocenters. The molecule has 5 nitrogen and oxygen atoms in total. The highest BCUT2D eigenvalue weighted by atomic mass is 16.5. The number of carbonyl (C=O) groups is 2. The Balaban J connectivity index is 1.50.